The molecule has 1 aliphatic heterocycles. The topological polar surface area (TPSA) is 46.3 Å². The van der Waals surface area contributed by atoms with Crippen molar-refractivity contribution in [2.24, 2.45) is 11.7 Å². The van der Waals surface area contributed by atoms with E-state index in [1.807, 2.05) is 29.2 Å². The number of nitrogens with two attached hydrogens (primary N) is 1. The van der Waals surface area contributed by atoms with Crippen molar-refractivity contribution < 1.29 is 4.79 Å². The summed E-state index contributed by atoms with van der Waals surface area (Å²) in [4.78, 5) is 14.5. The highest BCUT2D eigenvalue weighted by Gasteiger charge is 2.20. The van der Waals surface area contributed by atoms with Crippen molar-refractivity contribution in [1.29, 1.82) is 0 Å². The second-order valence-electron chi connectivity index (χ2n) is 5.74. The lowest BCUT2D eigenvalue weighted by atomic mass is 9.98. The van der Waals surface area contributed by atoms with Crippen molar-refractivity contribution in [3.63, 3.8) is 0 Å². The fourth-order valence-corrected chi connectivity index (χ4v) is 3.03. The van der Waals surface area contributed by atoms with E-state index in [4.69, 9.17) is 5.73 Å². The van der Waals surface area contributed by atoms with Gasteiger partial charge in [0.05, 0.1) is 6.42 Å². The quantitative estimate of drug-likeness (QED) is 0.917. The smallest absolute Gasteiger partial charge is 0.227 e. The van der Waals surface area contributed by atoms with Crippen LogP contribution in [0.15, 0.2) is 24.3 Å². The van der Waals surface area contributed by atoms with Crippen LogP contribution in [0, 0.1) is 5.92 Å². The molecule has 0 aromatic heterocycles. The number of amides is 1. The lowest BCUT2D eigenvalue weighted by Gasteiger charge is -2.21. The zero-order valence-corrected chi connectivity index (χ0v) is 12.5. The number of likely N-dealkylation sites (tertiary alicyclic amines) is 1. The predicted octanol–water partition coefficient (Wildman–Crippen LogP) is 2.73. The molecule has 2 N–H and O–H groups in total. The van der Waals surface area contributed by atoms with Crippen LogP contribution in [0.25, 0.3) is 0 Å². The lowest BCUT2D eigenvalue weighted by molar-refractivity contribution is -0.130. The van der Waals surface area contributed by atoms with Crippen LogP contribution in [0.5, 0.6) is 0 Å². The first kappa shape index (κ1) is 15.0. The van der Waals surface area contributed by atoms with E-state index in [1.165, 1.54) is 12.8 Å². The van der Waals surface area contributed by atoms with E-state index in [1.54, 1.807) is 0 Å². The van der Waals surface area contributed by atoms with Gasteiger partial charge in [-0.1, -0.05) is 37.6 Å². The molecule has 1 aliphatic rings. The van der Waals surface area contributed by atoms with Crippen LogP contribution in [0.1, 0.15) is 43.7 Å². The summed E-state index contributed by atoms with van der Waals surface area (Å²) in [5, 5.41) is 0. The molecule has 0 spiro atoms. The van der Waals surface area contributed by atoms with Crippen LogP contribution >= 0.6 is 0 Å². The first-order valence-corrected chi connectivity index (χ1v) is 7.79. The summed E-state index contributed by atoms with van der Waals surface area (Å²) in [6.07, 6.45) is 5.28. The van der Waals surface area contributed by atoms with Gasteiger partial charge in [0, 0.05) is 19.6 Å². The standard InChI is InChI=1S/C17H26N2O/c1-2-14-6-5-10-19(11-9-14)17(20)12-15-7-3-4-8-16(15)13-18/h3-4,7-8,14H,2,5-6,9-13,18H2,1H3. The number of carbonyl (C=O) groups excluding carboxylic acids is 1. The van der Waals surface area contributed by atoms with Crippen LogP contribution in [0.2, 0.25) is 0 Å². The van der Waals surface area contributed by atoms with Gasteiger partial charge in [-0.2, -0.15) is 0 Å². The molecule has 1 unspecified atom stereocenters. The average molecular weight is 274 g/mol. The maximum absolute atomic E-state index is 12.5. The summed E-state index contributed by atoms with van der Waals surface area (Å²) in [5.74, 6) is 1.05. The van der Waals surface area contributed by atoms with Crippen molar-refractivity contribution in [1.82, 2.24) is 4.90 Å². The fourth-order valence-electron chi connectivity index (χ4n) is 3.03. The third kappa shape index (κ3) is 3.83. The number of rotatable bonds is 4. The first-order chi connectivity index (χ1) is 9.74. The molecular formula is C17H26N2O. The van der Waals surface area contributed by atoms with Gasteiger partial charge in [-0.05, 0) is 36.3 Å². The summed E-state index contributed by atoms with van der Waals surface area (Å²) in [7, 11) is 0. The highest BCUT2D eigenvalue weighted by molar-refractivity contribution is 5.79. The Hall–Kier alpha value is -1.35. The molecule has 1 aromatic carbocycles. The normalized spacial score (nSPS) is 19.7. The lowest BCUT2D eigenvalue weighted by Crippen LogP contribution is -2.33. The molecule has 0 saturated carbocycles. The van der Waals surface area contributed by atoms with Gasteiger partial charge in [0.2, 0.25) is 5.91 Å². The number of hydrogen-bond acceptors (Lipinski definition) is 2. The van der Waals surface area contributed by atoms with E-state index in [2.05, 4.69) is 6.92 Å². The molecule has 20 heavy (non-hydrogen) atoms. The van der Waals surface area contributed by atoms with E-state index in [0.717, 1.165) is 43.0 Å². The Bertz CT molecular complexity index is 444. The molecule has 0 radical (unpaired) electrons. The number of hydrogen-bond donors (Lipinski definition) is 1. The van der Waals surface area contributed by atoms with Crippen molar-refractivity contribution >= 4 is 5.91 Å². The Kier molecular flexibility index (Phi) is 5.60. The van der Waals surface area contributed by atoms with Crippen LogP contribution in [-0.4, -0.2) is 23.9 Å². The minimum atomic E-state index is 0.252. The molecule has 3 heteroatoms. The molecule has 0 bridgehead atoms. The molecule has 0 aliphatic carbocycles. The van der Waals surface area contributed by atoms with Gasteiger partial charge in [0.25, 0.3) is 0 Å². The molecule has 110 valence electrons. The van der Waals surface area contributed by atoms with Crippen molar-refractivity contribution in [2.75, 3.05) is 13.1 Å². The minimum Gasteiger partial charge on any atom is -0.342 e. The Balaban J connectivity index is 1.97. The summed E-state index contributed by atoms with van der Waals surface area (Å²) < 4.78 is 0. The fraction of sp³-hybridized carbons (Fsp3) is 0.588. The second-order valence-corrected chi connectivity index (χ2v) is 5.74. The Morgan fingerprint density at radius 2 is 2.00 bits per heavy atom. The minimum absolute atomic E-state index is 0.252. The third-order valence-corrected chi connectivity index (χ3v) is 4.46. The molecule has 1 atom stereocenters. The first-order valence-electron chi connectivity index (χ1n) is 7.79. The van der Waals surface area contributed by atoms with Crippen molar-refractivity contribution in [2.45, 2.75) is 45.6 Å². The van der Waals surface area contributed by atoms with E-state index >= 15 is 0 Å². The zero-order chi connectivity index (χ0) is 14.4. The second kappa shape index (κ2) is 7.44. The molecule has 2 rings (SSSR count). The molecule has 1 aromatic rings. The highest BCUT2D eigenvalue weighted by atomic mass is 16.2. The van der Waals surface area contributed by atoms with Crippen LogP contribution in [0.4, 0.5) is 0 Å². The maximum atomic E-state index is 12.5. The molecular weight excluding hydrogens is 248 g/mol. The number of benzene rings is 1. The highest BCUT2D eigenvalue weighted by Crippen LogP contribution is 2.21. The maximum Gasteiger partial charge on any atom is 0.227 e. The summed E-state index contributed by atoms with van der Waals surface area (Å²) in [6.45, 7) is 4.59. The predicted molar refractivity (Wildman–Crippen MR) is 82.2 cm³/mol. The van der Waals surface area contributed by atoms with E-state index in [9.17, 15) is 4.79 Å². The van der Waals surface area contributed by atoms with E-state index in [0.29, 0.717) is 13.0 Å². The summed E-state index contributed by atoms with van der Waals surface area (Å²) >= 11 is 0. The average Bonchev–Trinajstić information content (AvgIpc) is 2.73. The summed E-state index contributed by atoms with van der Waals surface area (Å²) in [5.41, 5.74) is 7.91. The summed E-state index contributed by atoms with van der Waals surface area (Å²) in [6, 6.07) is 8.00. The monoisotopic (exact) mass is 274 g/mol. The molecule has 3 nitrogen and oxygen atoms in total. The van der Waals surface area contributed by atoms with Gasteiger partial charge >= 0.3 is 0 Å². The van der Waals surface area contributed by atoms with Gasteiger partial charge in [-0.15, -0.1) is 0 Å². The van der Waals surface area contributed by atoms with Crippen LogP contribution in [0.3, 0.4) is 0 Å². The third-order valence-electron chi connectivity index (χ3n) is 4.46. The van der Waals surface area contributed by atoms with Gasteiger partial charge < -0.3 is 10.6 Å². The molecule has 1 saturated heterocycles. The Morgan fingerprint density at radius 3 is 2.70 bits per heavy atom. The molecule has 1 fully saturated rings. The van der Waals surface area contributed by atoms with Crippen molar-refractivity contribution in [3.05, 3.63) is 35.4 Å². The molecule has 1 heterocycles. The van der Waals surface area contributed by atoms with Crippen LogP contribution in [-0.2, 0) is 17.8 Å². The van der Waals surface area contributed by atoms with Crippen molar-refractivity contribution in [3.8, 4) is 0 Å². The number of nitrogens with zero attached hydrogens (tertiary/aromatic N) is 1. The van der Waals surface area contributed by atoms with Gasteiger partial charge in [0.15, 0.2) is 0 Å². The Morgan fingerprint density at radius 1 is 1.25 bits per heavy atom. The molecule has 1 amide bonds. The Labute approximate surface area is 122 Å². The zero-order valence-electron chi connectivity index (χ0n) is 12.5. The van der Waals surface area contributed by atoms with Gasteiger partial charge in [-0.25, -0.2) is 0 Å². The van der Waals surface area contributed by atoms with Crippen LogP contribution < -0.4 is 5.73 Å². The number of carbonyl (C=O) groups is 1. The SMILES string of the molecule is CCC1CCCN(C(=O)Cc2ccccc2CN)CC1. The largest absolute Gasteiger partial charge is 0.342 e. The van der Waals surface area contributed by atoms with Gasteiger partial charge in [0.1, 0.15) is 0 Å². The van der Waals surface area contributed by atoms with E-state index < -0.39 is 0 Å². The van der Waals surface area contributed by atoms with E-state index in [-0.39, 0.29) is 5.91 Å². The van der Waals surface area contributed by atoms with Gasteiger partial charge in [-0.3, -0.25) is 4.79 Å².